The van der Waals surface area contributed by atoms with Crippen molar-refractivity contribution in [3.05, 3.63) is 61.3 Å². The minimum absolute atomic E-state index is 0.00525. The van der Waals surface area contributed by atoms with E-state index in [-0.39, 0.29) is 74.2 Å². The maximum Gasteiger partial charge on any atom is 0.328 e. The van der Waals surface area contributed by atoms with E-state index in [4.69, 9.17) is 17.7 Å². The molecule has 0 amide bonds. The van der Waals surface area contributed by atoms with Gasteiger partial charge < -0.3 is 27.9 Å². The van der Waals surface area contributed by atoms with Gasteiger partial charge in [-0.05, 0) is 115 Å². The zero-order chi connectivity index (χ0) is 52.9. The standard InChI is InChI=1S/C56H110O7Si4/c1-28-29-32-43(4)51(59)46(7)48(61-65(22,23)54(11,12)13)38-35-41(2)39-45(6)52(63-67(26,27)56(17,18)19)44(5)36-37-47(60-64(20,21)53(8,9)10)40-49(62-66(24,25)55(14,15)16)42(3)33-30-31-34-50(57)58/h28-34,36-37,41-49,51-52,59H,1,35,38-40H2,2-27H3,(H,57,58)/b32-29-,33-30+,34-31-,37-36-/t41-,42-,43-,44-,45+,46-,47+,48-,49-,51-,52-/m0/s1. The number of rotatable bonds is 28. The number of carboxylic acid groups (broad SMARTS) is 1. The summed E-state index contributed by atoms with van der Waals surface area (Å²) < 4.78 is 29.2. The molecule has 0 aromatic carbocycles. The topological polar surface area (TPSA) is 94.5 Å². The molecular formula is C56H110O7Si4. The normalized spacial score (nSPS) is 19.6. The van der Waals surface area contributed by atoms with Crippen molar-refractivity contribution >= 4 is 39.2 Å². The van der Waals surface area contributed by atoms with Crippen molar-refractivity contribution in [1.29, 1.82) is 0 Å². The highest BCUT2D eigenvalue weighted by Crippen LogP contribution is 2.44. The molecule has 0 saturated heterocycles. The van der Waals surface area contributed by atoms with Crippen LogP contribution in [0.2, 0.25) is 72.5 Å². The van der Waals surface area contributed by atoms with E-state index >= 15 is 0 Å². The van der Waals surface area contributed by atoms with Crippen molar-refractivity contribution in [2.75, 3.05) is 0 Å². The number of carbonyl (C=O) groups is 1. The molecule has 2 N–H and O–H groups in total. The van der Waals surface area contributed by atoms with Gasteiger partial charge in [-0.3, -0.25) is 0 Å². The summed E-state index contributed by atoms with van der Waals surface area (Å²) in [6.07, 6.45) is 19.9. The van der Waals surface area contributed by atoms with Crippen LogP contribution in [0.4, 0.5) is 0 Å². The Morgan fingerprint density at radius 1 is 0.537 bits per heavy atom. The zero-order valence-electron chi connectivity index (χ0n) is 48.5. The number of aliphatic hydroxyl groups is 1. The lowest BCUT2D eigenvalue weighted by Gasteiger charge is -2.44. The van der Waals surface area contributed by atoms with E-state index in [1.807, 2.05) is 18.2 Å². The Morgan fingerprint density at radius 2 is 0.970 bits per heavy atom. The average Bonchev–Trinajstić information content (AvgIpc) is 3.14. The predicted octanol–water partition coefficient (Wildman–Crippen LogP) is 16.8. The first-order chi connectivity index (χ1) is 29.9. The maximum absolute atomic E-state index is 11.6. The first-order valence-electron chi connectivity index (χ1n) is 25.9. The second-order valence-electron chi connectivity index (χ2n) is 26.7. The summed E-state index contributed by atoms with van der Waals surface area (Å²) >= 11 is 0. The van der Waals surface area contributed by atoms with E-state index in [1.165, 1.54) is 6.08 Å². The molecule has 0 unspecified atom stereocenters. The molecule has 0 fully saturated rings. The van der Waals surface area contributed by atoms with Crippen LogP contribution in [0.25, 0.3) is 0 Å². The molecule has 0 aromatic rings. The van der Waals surface area contributed by atoms with E-state index in [0.717, 1.165) is 19.3 Å². The summed E-state index contributed by atoms with van der Waals surface area (Å²) in [4.78, 5) is 11.3. The molecule has 0 aliphatic heterocycles. The van der Waals surface area contributed by atoms with Gasteiger partial charge in [0.1, 0.15) is 0 Å². The molecule has 0 rings (SSSR count). The highest BCUT2D eigenvalue weighted by molar-refractivity contribution is 6.75. The van der Waals surface area contributed by atoms with Crippen LogP contribution >= 0.6 is 0 Å². The lowest BCUT2D eigenvalue weighted by Crippen LogP contribution is -2.48. The van der Waals surface area contributed by atoms with Gasteiger partial charge in [0, 0.05) is 24.3 Å². The van der Waals surface area contributed by atoms with Gasteiger partial charge in [-0.15, -0.1) is 0 Å². The molecule has 7 nitrogen and oxygen atoms in total. The van der Waals surface area contributed by atoms with Crippen molar-refractivity contribution < 1.29 is 32.7 Å². The van der Waals surface area contributed by atoms with Crippen LogP contribution < -0.4 is 0 Å². The summed E-state index contributed by atoms with van der Waals surface area (Å²) in [7, 11) is -8.74. The van der Waals surface area contributed by atoms with Gasteiger partial charge in [0.15, 0.2) is 33.3 Å². The molecule has 0 aliphatic carbocycles. The molecular weight excluding hydrogens is 897 g/mol. The quantitative estimate of drug-likeness (QED) is 0.0349. The smallest absolute Gasteiger partial charge is 0.328 e. The Hall–Kier alpha value is -1.16. The fraction of sp³-hybridized carbons (Fsp3) is 0.804. The number of hydrogen-bond acceptors (Lipinski definition) is 6. The SMILES string of the molecule is C=C/C=C\[C@H](C)[C@H](O)[C@@H](C)[C@H](CC[C@H](C)C[C@@H](C)[C@@H](O[Si](C)(C)C(C)(C)C)[C@@H](C)/C=C\[C@H](C[C@H](O[Si](C)(C)C(C)(C)C)[C@@H](C)/C=C/C=C\C(=O)O)O[Si](C)(C)C(C)(C)C)O[Si](C)(C)C(C)(C)C. The summed E-state index contributed by atoms with van der Waals surface area (Å²) in [5.41, 5.74) is 0. The van der Waals surface area contributed by atoms with E-state index in [2.05, 4.69) is 202 Å². The van der Waals surface area contributed by atoms with Crippen LogP contribution in [0, 0.1) is 35.5 Å². The van der Waals surface area contributed by atoms with Crippen molar-refractivity contribution in [2.24, 2.45) is 35.5 Å². The van der Waals surface area contributed by atoms with Gasteiger partial charge in [0.05, 0.1) is 30.5 Å². The van der Waals surface area contributed by atoms with Crippen LogP contribution in [0.15, 0.2) is 61.3 Å². The highest BCUT2D eigenvalue weighted by Gasteiger charge is 2.45. The summed E-state index contributed by atoms with van der Waals surface area (Å²) in [5, 5.41) is 21.0. The number of carboxylic acids is 1. The van der Waals surface area contributed by atoms with Gasteiger partial charge in [-0.25, -0.2) is 4.79 Å². The van der Waals surface area contributed by atoms with Crippen LogP contribution in [-0.4, -0.2) is 80.0 Å². The Balaban J connectivity index is 7.20. The third kappa shape index (κ3) is 22.0. The van der Waals surface area contributed by atoms with E-state index < -0.39 is 45.3 Å². The van der Waals surface area contributed by atoms with E-state index in [1.54, 1.807) is 12.2 Å². The first kappa shape index (κ1) is 65.8. The van der Waals surface area contributed by atoms with Crippen LogP contribution in [0.3, 0.4) is 0 Å². The Kier molecular flexibility index (Phi) is 26.0. The van der Waals surface area contributed by atoms with Crippen molar-refractivity contribution in [2.45, 2.75) is 253 Å². The third-order valence-electron chi connectivity index (χ3n) is 16.5. The second-order valence-corrected chi connectivity index (χ2v) is 45.8. The molecule has 0 saturated carbocycles. The lowest BCUT2D eigenvalue weighted by molar-refractivity contribution is -0.131. The van der Waals surface area contributed by atoms with Crippen molar-refractivity contribution in [1.82, 2.24) is 0 Å². The van der Waals surface area contributed by atoms with E-state index in [0.29, 0.717) is 12.3 Å². The average molecular weight is 1010 g/mol. The molecule has 392 valence electrons. The van der Waals surface area contributed by atoms with E-state index in [9.17, 15) is 15.0 Å². The molecule has 11 atom stereocenters. The molecule has 0 aliphatic rings. The molecule has 11 heteroatoms. The number of aliphatic hydroxyl groups excluding tert-OH is 1. The molecule has 0 spiro atoms. The third-order valence-corrected chi connectivity index (χ3v) is 34.4. The summed E-state index contributed by atoms with van der Waals surface area (Å²) in [6.45, 7) is 63.6. The van der Waals surface area contributed by atoms with Crippen molar-refractivity contribution in [3.8, 4) is 0 Å². The number of aliphatic carboxylic acids is 1. The minimum atomic E-state index is -2.23. The fourth-order valence-electron chi connectivity index (χ4n) is 7.43. The molecule has 67 heavy (non-hydrogen) atoms. The monoisotopic (exact) mass is 1010 g/mol. The largest absolute Gasteiger partial charge is 0.478 e. The highest BCUT2D eigenvalue weighted by atomic mass is 28.4. The van der Waals surface area contributed by atoms with Gasteiger partial charge in [0.25, 0.3) is 0 Å². The summed E-state index contributed by atoms with van der Waals surface area (Å²) in [5.74, 6) is -0.136. The van der Waals surface area contributed by atoms with Crippen LogP contribution in [0.1, 0.15) is 150 Å². The Bertz CT molecular complexity index is 1600. The van der Waals surface area contributed by atoms with Gasteiger partial charge in [0.2, 0.25) is 0 Å². The molecule has 0 radical (unpaired) electrons. The Morgan fingerprint density at radius 3 is 1.42 bits per heavy atom. The Labute approximate surface area is 420 Å². The van der Waals surface area contributed by atoms with Crippen LogP contribution in [0.5, 0.6) is 0 Å². The minimum Gasteiger partial charge on any atom is -0.478 e. The van der Waals surface area contributed by atoms with Gasteiger partial charge >= 0.3 is 5.97 Å². The predicted molar refractivity (Wildman–Crippen MR) is 302 cm³/mol. The zero-order valence-corrected chi connectivity index (χ0v) is 52.5. The molecule has 0 aromatic heterocycles. The summed E-state index contributed by atoms with van der Waals surface area (Å²) in [6, 6.07) is 0. The van der Waals surface area contributed by atoms with Crippen LogP contribution in [-0.2, 0) is 22.5 Å². The second kappa shape index (κ2) is 26.5. The molecule has 0 heterocycles. The van der Waals surface area contributed by atoms with Gasteiger partial charge in [-0.1, -0.05) is 180 Å². The fourth-order valence-corrected chi connectivity index (χ4v) is 13.1. The lowest BCUT2D eigenvalue weighted by atomic mass is 9.82. The maximum atomic E-state index is 11.6. The number of hydrogen-bond donors (Lipinski definition) is 2. The molecule has 0 bridgehead atoms. The van der Waals surface area contributed by atoms with Crippen molar-refractivity contribution in [3.63, 3.8) is 0 Å². The number of allylic oxidation sites excluding steroid dienone is 4. The first-order valence-corrected chi connectivity index (χ1v) is 37.5. The van der Waals surface area contributed by atoms with Gasteiger partial charge in [-0.2, -0.15) is 0 Å².